The molecule has 3 rings (SSSR count). The third-order valence-corrected chi connectivity index (χ3v) is 6.82. The highest BCUT2D eigenvalue weighted by molar-refractivity contribution is 7.14. The minimum atomic E-state index is 0.153. The van der Waals surface area contributed by atoms with Crippen molar-refractivity contribution in [3.8, 4) is 0 Å². The maximum Gasteiger partial charge on any atom is 0.261 e. The zero-order chi connectivity index (χ0) is 16.4. The zero-order valence-electron chi connectivity index (χ0n) is 14.7. The van der Waals surface area contributed by atoms with Crippen LogP contribution in [0.4, 0.5) is 0 Å². The number of likely N-dealkylation sites (tertiary alicyclic amines) is 1. The summed E-state index contributed by atoms with van der Waals surface area (Å²) in [7, 11) is 0. The molecule has 0 radical (unpaired) electrons. The van der Waals surface area contributed by atoms with Gasteiger partial charge in [0.05, 0.1) is 4.88 Å². The Morgan fingerprint density at radius 1 is 1.35 bits per heavy atom. The Balaban J connectivity index is 1.56. The number of amides is 1. The van der Waals surface area contributed by atoms with Gasteiger partial charge in [-0.25, -0.2) is 0 Å². The van der Waals surface area contributed by atoms with Gasteiger partial charge in [-0.1, -0.05) is 13.3 Å². The van der Waals surface area contributed by atoms with E-state index in [1.54, 1.807) is 11.3 Å². The SMILES string of the molecule is CCC1CCc2sc(C(=O)NC3CCN(C(C)C)CC3)cc2C1. The number of carbonyl (C=O) groups excluding carboxylic acids is 1. The van der Waals surface area contributed by atoms with Crippen LogP contribution in [0.15, 0.2) is 6.07 Å². The molecular weight excluding hydrogens is 304 g/mol. The fourth-order valence-corrected chi connectivity index (χ4v) is 4.99. The van der Waals surface area contributed by atoms with Crippen LogP contribution in [0.5, 0.6) is 0 Å². The number of rotatable bonds is 4. The van der Waals surface area contributed by atoms with Gasteiger partial charge in [0, 0.05) is 30.1 Å². The molecular formula is C19H30N2OS. The van der Waals surface area contributed by atoms with Crippen molar-refractivity contribution in [2.75, 3.05) is 13.1 Å². The standard InChI is InChI=1S/C19H30N2OS/c1-4-14-5-6-17-15(11-14)12-18(23-17)19(22)20-16-7-9-21(10-8-16)13(2)3/h12-14,16H,4-11H2,1-3H3,(H,20,22). The van der Waals surface area contributed by atoms with Crippen molar-refractivity contribution in [2.24, 2.45) is 5.92 Å². The highest BCUT2D eigenvalue weighted by Gasteiger charge is 2.25. The van der Waals surface area contributed by atoms with Gasteiger partial charge < -0.3 is 10.2 Å². The maximum atomic E-state index is 12.6. The Morgan fingerprint density at radius 2 is 2.09 bits per heavy atom. The number of nitrogens with zero attached hydrogens (tertiary/aromatic N) is 1. The quantitative estimate of drug-likeness (QED) is 0.906. The van der Waals surface area contributed by atoms with Crippen LogP contribution in [0.3, 0.4) is 0 Å². The third kappa shape index (κ3) is 3.97. The van der Waals surface area contributed by atoms with E-state index >= 15 is 0 Å². The van der Waals surface area contributed by atoms with E-state index in [1.807, 2.05) is 0 Å². The molecule has 1 aliphatic heterocycles. The Labute approximate surface area is 144 Å². The minimum absolute atomic E-state index is 0.153. The molecule has 0 saturated carbocycles. The van der Waals surface area contributed by atoms with E-state index in [1.165, 1.54) is 36.1 Å². The fourth-order valence-electron chi connectivity index (χ4n) is 3.88. The van der Waals surface area contributed by atoms with Crippen molar-refractivity contribution in [1.29, 1.82) is 0 Å². The van der Waals surface area contributed by atoms with Crippen molar-refractivity contribution >= 4 is 17.2 Å². The summed E-state index contributed by atoms with van der Waals surface area (Å²) in [5.41, 5.74) is 1.44. The van der Waals surface area contributed by atoms with Crippen LogP contribution in [0.1, 0.15) is 66.6 Å². The van der Waals surface area contributed by atoms with E-state index in [0.717, 1.165) is 36.7 Å². The highest BCUT2D eigenvalue weighted by Crippen LogP contribution is 2.33. The van der Waals surface area contributed by atoms with Crippen LogP contribution in [0.2, 0.25) is 0 Å². The largest absolute Gasteiger partial charge is 0.349 e. The van der Waals surface area contributed by atoms with Gasteiger partial charge in [-0.05, 0) is 63.5 Å². The van der Waals surface area contributed by atoms with E-state index < -0.39 is 0 Å². The Hall–Kier alpha value is -0.870. The second-order valence-electron chi connectivity index (χ2n) is 7.45. The van der Waals surface area contributed by atoms with E-state index in [9.17, 15) is 4.79 Å². The lowest BCUT2D eigenvalue weighted by atomic mass is 9.87. The number of thiophene rings is 1. The molecule has 23 heavy (non-hydrogen) atoms. The van der Waals surface area contributed by atoms with Gasteiger partial charge in [-0.15, -0.1) is 11.3 Å². The summed E-state index contributed by atoms with van der Waals surface area (Å²) in [6, 6.07) is 3.13. The number of piperidine rings is 1. The number of fused-ring (bicyclic) bond motifs is 1. The highest BCUT2D eigenvalue weighted by atomic mass is 32.1. The molecule has 1 amide bonds. The molecule has 0 spiro atoms. The molecule has 1 saturated heterocycles. The smallest absolute Gasteiger partial charge is 0.261 e. The van der Waals surface area contributed by atoms with Crippen molar-refractivity contribution in [3.05, 3.63) is 21.4 Å². The summed E-state index contributed by atoms with van der Waals surface area (Å²) in [6.45, 7) is 8.97. The lowest BCUT2D eigenvalue weighted by Gasteiger charge is -2.34. The number of hydrogen-bond acceptors (Lipinski definition) is 3. The van der Waals surface area contributed by atoms with Gasteiger partial charge in [0.15, 0.2) is 0 Å². The monoisotopic (exact) mass is 334 g/mol. The average molecular weight is 335 g/mol. The van der Waals surface area contributed by atoms with E-state index in [4.69, 9.17) is 0 Å². The van der Waals surface area contributed by atoms with Gasteiger partial charge in [0.1, 0.15) is 0 Å². The lowest BCUT2D eigenvalue weighted by Crippen LogP contribution is -2.46. The molecule has 2 aliphatic rings. The van der Waals surface area contributed by atoms with Gasteiger partial charge in [0.2, 0.25) is 0 Å². The van der Waals surface area contributed by atoms with E-state index in [-0.39, 0.29) is 5.91 Å². The molecule has 1 unspecified atom stereocenters. The normalized spacial score (nSPS) is 23.0. The van der Waals surface area contributed by atoms with Crippen molar-refractivity contribution in [3.63, 3.8) is 0 Å². The average Bonchev–Trinajstić information content (AvgIpc) is 2.98. The minimum Gasteiger partial charge on any atom is -0.349 e. The van der Waals surface area contributed by atoms with Crippen molar-refractivity contribution in [1.82, 2.24) is 10.2 Å². The number of nitrogens with one attached hydrogen (secondary N) is 1. The molecule has 1 atom stereocenters. The van der Waals surface area contributed by atoms with Gasteiger partial charge >= 0.3 is 0 Å². The predicted molar refractivity (Wildman–Crippen MR) is 97.3 cm³/mol. The van der Waals surface area contributed by atoms with Crippen molar-refractivity contribution < 1.29 is 4.79 Å². The van der Waals surface area contributed by atoms with Crippen LogP contribution < -0.4 is 5.32 Å². The van der Waals surface area contributed by atoms with Gasteiger partial charge in [0.25, 0.3) is 5.91 Å². The maximum absolute atomic E-state index is 12.6. The Morgan fingerprint density at radius 3 is 2.74 bits per heavy atom. The first kappa shape index (κ1) is 17.0. The Kier molecular flexibility index (Phi) is 5.42. The molecule has 1 aliphatic carbocycles. The summed E-state index contributed by atoms with van der Waals surface area (Å²) < 4.78 is 0. The molecule has 0 aromatic carbocycles. The van der Waals surface area contributed by atoms with Crippen LogP contribution in [-0.4, -0.2) is 36.0 Å². The lowest BCUT2D eigenvalue weighted by molar-refractivity contribution is 0.0904. The van der Waals surface area contributed by atoms with Crippen LogP contribution in [0, 0.1) is 5.92 Å². The van der Waals surface area contributed by atoms with Gasteiger partial charge in [-0.2, -0.15) is 0 Å². The number of hydrogen-bond donors (Lipinski definition) is 1. The van der Waals surface area contributed by atoms with E-state index in [2.05, 4.69) is 37.1 Å². The molecule has 2 heterocycles. The second kappa shape index (κ2) is 7.35. The van der Waals surface area contributed by atoms with Crippen LogP contribution in [-0.2, 0) is 12.8 Å². The number of aryl methyl sites for hydroxylation is 1. The molecule has 3 nitrogen and oxygen atoms in total. The first-order valence-electron chi connectivity index (χ1n) is 9.23. The molecule has 1 N–H and O–H groups in total. The molecule has 1 aromatic heterocycles. The second-order valence-corrected chi connectivity index (χ2v) is 8.59. The summed E-state index contributed by atoms with van der Waals surface area (Å²) in [4.78, 5) is 17.5. The molecule has 1 fully saturated rings. The topological polar surface area (TPSA) is 32.3 Å². The molecule has 0 bridgehead atoms. The van der Waals surface area contributed by atoms with Gasteiger partial charge in [-0.3, -0.25) is 4.79 Å². The van der Waals surface area contributed by atoms with Crippen molar-refractivity contribution in [2.45, 2.75) is 71.4 Å². The third-order valence-electron chi connectivity index (χ3n) is 5.58. The molecule has 1 aromatic rings. The van der Waals surface area contributed by atoms with E-state index in [0.29, 0.717) is 12.1 Å². The Bertz CT molecular complexity index is 544. The molecule has 128 valence electrons. The molecule has 4 heteroatoms. The fraction of sp³-hybridized carbons (Fsp3) is 0.737. The predicted octanol–water partition coefficient (Wildman–Crippen LogP) is 3.87. The van der Waals surface area contributed by atoms with Crippen LogP contribution >= 0.6 is 11.3 Å². The zero-order valence-corrected chi connectivity index (χ0v) is 15.5. The number of carbonyl (C=O) groups is 1. The summed E-state index contributed by atoms with van der Waals surface area (Å²) >= 11 is 1.73. The van der Waals surface area contributed by atoms with Crippen LogP contribution in [0.25, 0.3) is 0 Å². The summed E-state index contributed by atoms with van der Waals surface area (Å²) in [5, 5.41) is 3.27. The first-order chi connectivity index (χ1) is 11.1. The summed E-state index contributed by atoms with van der Waals surface area (Å²) in [5.74, 6) is 0.966. The first-order valence-corrected chi connectivity index (χ1v) is 10.0. The summed E-state index contributed by atoms with van der Waals surface area (Å²) in [6.07, 6.45) is 7.03.